The smallest absolute Gasteiger partial charge is 0.239 e. The van der Waals surface area contributed by atoms with Crippen molar-refractivity contribution in [2.45, 2.75) is 45.7 Å². The minimum Gasteiger partial charge on any atom is -0.507 e. The van der Waals surface area contributed by atoms with Crippen molar-refractivity contribution in [1.29, 1.82) is 0 Å². The van der Waals surface area contributed by atoms with Gasteiger partial charge in [-0.25, -0.2) is 0 Å². The highest BCUT2D eigenvalue weighted by molar-refractivity contribution is 5.91. The van der Waals surface area contributed by atoms with Gasteiger partial charge in [0, 0.05) is 29.3 Å². The topological polar surface area (TPSA) is 84.6 Å². The average molecular weight is 539 g/mol. The van der Waals surface area contributed by atoms with Gasteiger partial charge in [-0.05, 0) is 86.1 Å². The van der Waals surface area contributed by atoms with E-state index in [9.17, 15) is 9.90 Å². The molecular formula is C31H42N2O6. The largest absolute Gasteiger partial charge is 0.507 e. The fourth-order valence-corrected chi connectivity index (χ4v) is 3.84. The van der Waals surface area contributed by atoms with Crippen LogP contribution in [0.1, 0.15) is 32.8 Å². The first-order chi connectivity index (χ1) is 18.4. The number of allylic oxidation sites excluding steroid dienone is 1. The molecule has 8 nitrogen and oxygen atoms in total. The van der Waals surface area contributed by atoms with Crippen LogP contribution in [-0.4, -0.2) is 75.5 Å². The molecular weight excluding hydrogens is 496 g/mol. The number of hydrogen-bond acceptors (Lipinski definition) is 8. The summed E-state index contributed by atoms with van der Waals surface area (Å²) in [7, 11) is 9.44. The molecule has 212 valence electrons. The van der Waals surface area contributed by atoms with E-state index in [-0.39, 0.29) is 46.9 Å². The first kappa shape index (κ1) is 30.1. The Hall–Kier alpha value is -3.49. The Morgan fingerprint density at radius 2 is 1.62 bits per heavy atom. The number of fused-ring (bicyclic) bond motifs is 1. The predicted molar refractivity (Wildman–Crippen MR) is 157 cm³/mol. The summed E-state index contributed by atoms with van der Waals surface area (Å²) in [5.74, 6) is 1.29. The lowest BCUT2D eigenvalue weighted by Crippen LogP contribution is -2.31. The summed E-state index contributed by atoms with van der Waals surface area (Å²) in [6.45, 7) is 10.7. The molecule has 0 amide bonds. The van der Waals surface area contributed by atoms with Crippen molar-refractivity contribution >= 4 is 11.0 Å². The van der Waals surface area contributed by atoms with E-state index in [1.54, 1.807) is 19.2 Å². The van der Waals surface area contributed by atoms with Crippen LogP contribution < -0.4 is 19.6 Å². The second-order valence-corrected chi connectivity index (χ2v) is 10.6. The van der Waals surface area contributed by atoms with Crippen LogP contribution >= 0.6 is 0 Å². The summed E-state index contributed by atoms with van der Waals surface area (Å²) in [4.78, 5) is 18.0. The molecule has 8 heteroatoms. The van der Waals surface area contributed by atoms with Gasteiger partial charge in [0.2, 0.25) is 11.2 Å². The van der Waals surface area contributed by atoms with E-state index in [4.69, 9.17) is 18.6 Å². The Balaban J connectivity index is 2.28. The van der Waals surface area contributed by atoms with Gasteiger partial charge in [-0.2, -0.15) is 0 Å². The number of hydrogen-bond donors (Lipinski definition) is 1. The Morgan fingerprint density at radius 3 is 2.15 bits per heavy atom. The minimum atomic E-state index is -0.435. The van der Waals surface area contributed by atoms with E-state index < -0.39 is 5.43 Å². The normalized spacial score (nSPS) is 13.1. The van der Waals surface area contributed by atoms with Gasteiger partial charge < -0.3 is 33.5 Å². The van der Waals surface area contributed by atoms with Crippen molar-refractivity contribution in [2.75, 3.05) is 48.5 Å². The van der Waals surface area contributed by atoms with Crippen LogP contribution in [0.2, 0.25) is 0 Å². The highest BCUT2D eigenvalue weighted by atomic mass is 16.5. The number of rotatable bonds is 13. The van der Waals surface area contributed by atoms with Crippen molar-refractivity contribution in [3.63, 3.8) is 0 Å². The fraction of sp³-hybridized carbons (Fsp3) is 0.452. The third-order valence-electron chi connectivity index (χ3n) is 7.03. The van der Waals surface area contributed by atoms with E-state index in [2.05, 4.69) is 18.4 Å². The molecule has 39 heavy (non-hydrogen) atoms. The number of methoxy groups -OCH3 is 1. The molecule has 3 aromatic rings. The van der Waals surface area contributed by atoms with Gasteiger partial charge in [0.1, 0.15) is 41.4 Å². The second-order valence-electron chi connectivity index (χ2n) is 10.6. The van der Waals surface area contributed by atoms with E-state index in [0.29, 0.717) is 42.1 Å². The Kier molecular flexibility index (Phi) is 10.1. The molecule has 0 aliphatic rings. The lowest BCUT2D eigenvalue weighted by molar-refractivity contribution is 0.195. The number of ether oxygens (including phenoxy) is 3. The summed E-state index contributed by atoms with van der Waals surface area (Å²) in [6.07, 6.45) is 1.19. The van der Waals surface area contributed by atoms with E-state index >= 15 is 0 Å². The van der Waals surface area contributed by atoms with E-state index in [1.807, 2.05) is 59.1 Å². The molecule has 0 aliphatic carbocycles. The van der Waals surface area contributed by atoms with E-state index in [1.165, 1.54) is 6.07 Å². The number of phenolic OH excluding ortho intramolecular Hbond substituents is 1. The number of nitrogens with zero attached hydrogens (tertiary/aromatic N) is 2. The fourth-order valence-electron chi connectivity index (χ4n) is 3.84. The summed E-state index contributed by atoms with van der Waals surface area (Å²) in [6, 6.07) is 8.91. The molecule has 1 N–H and O–H groups in total. The molecule has 2 unspecified atom stereocenters. The predicted octanol–water partition coefficient (Wildman–Crippen LogP) is 5.34. The first-order valence-corrected chi connectivity index (χ1v) is 13.2. The summed E-state index contributed by atoms with van der Waals surface area (Å²) >= 11 is 0. The van der Waals surface area contributed by atoms with Crippen molar-refractivity contribution in [3.8, 4) is 34.3 Å². The lowest BCUT2D eigenvalue weighted by Gasteiger charge is -2.23. The molecule has 0 saturated heterocycles. The van der Waals surface area contributed by atoms with E-state index in [0.717, 1.165) is 5.57 Å². The number of aryl methyl sites for hydroxylation is 1. The van der Waals surface area contributed by atoms with Crippen molar-refractivity contribution in [1.82, 2.24) is 9.80 Å². The zero-order chi connectivity index (χ0) is 28.9. The van der Waals surface area contributed by atoms with Crippen molar-refractivity contribution in [3.05, 3.63) is 58.3 Å². The van der Waals surface area contributed by atoms with Crippen LogP contribution in [0.15, 0.2) is 51.7 Å². The van der Waals surface area contributed by atoms with Crippen molar-refractivity contribution < 1.29 is 23.7 Å². The molecule has 1 heterocycles. The van der Waals surface area contributed by atoms with Gasteiger partial charge in [0.25, 0.3) is 0 Å². The number of phenols is 1. The van der Waals surface area contributed by atoms with Crippen LogP contribution in [0.5, 0.6) is 23.0 Å². The second kappa shape index (κ2) is 13.0. The number of likely N-dealkylation sites (N-methyl/N-ethyl adjacent to an activating group) is 2. The maximum atomic E-state index is 14.0. The first-order valence-electron chi connectivity index (χ1n) is 13.2. The summed E-state index contributed by atoms with van der Waals surface area (Å²) in [5, 5.41) is 11.2. The molecule has 0 radical (unpaired) electrons. The molecule has 0 fully saturated rings. The Labute approximate surface area is 231 Å². The molecule has 0 aliphatic heterocycles. The lowest BCUT2D eigenvalue weighted by atomic mass is 10.0. The van der Waals surface area contributed by atoms with Gasteiger partial charge >= 0.3 is 0 Å². The molecule has 0 saturated carbocycles. The third kappa shape index (κ3) is 7.13. The SMILES string of the molecule is C=C(C)CCc1c(OCC(C)N(C)C)cc(O)c2c(=O)c(OCC(C)N(C)C)c(-c3ccc(OC)cc3)oc12. The zero-order valence-corrected chi connectivity index (χ0v) is 24.5. The molecule has 0 spiro atoms. The van der Waals surface area contributed by atoms with Crippen LogP contribution in [-0.2, 0) is 6.42 Å². The quantitative estimate of drug-likeness (QED) is 0.292. The molecule has 2 atom stereocenters. The number of benzene rings is 2. The van der Waals surface area contributed by atoms with Crippen LogP contribution in [0, 0.1) is 0 Å². The van der Waals surface area contributed by atoms with Crippen LogP contribution in [0.3, 0.4) is 0 Å². The zero-order valence-electron chi connectivity index (χ0n) is 24.5. The molecule has 2 aromatic carbocycles. The monoisotopic (exact) mass is 538 g/mol. The molecule has 3 rings (SSSR count). The van der Waals surface area contributed by atoms with Gasteiger partial charge in [-0.3, -0.25) is 4.79 Å². The third-order valence-corrected chi connectivity index (χ3v) is 7.03. The maximum absolute atomic E-state index is 14.0. The molecule has 1 aromatic heterocycles. The van der Waals surface area contributed by atoms with Gasteiger partial charge in [-0.1, -0.05) is 5.57 Å². The minimum absolute atomic E-state index is 0.0398. The standard InChI is InChI=1S/C31H42N2O6/c1-19(2)10-15-24-26(37-17-20(3)32(5)6)16-25(34)27-28(35)31(38-18-21(4)33(7)8)29(39-30(24)27)22-11-13-23(36-9)14-12-22/h11-14,16,20-21,34H,1,10,15,17-18H2,2-9H3. The van der Waals surface area contributed by atoms with Crippen LogP contribution in [0.25, 0.3) is 22.3 Å². The average Bonchev–Trinajstić information content (AvgIpc) is 2.89. The van der Waals surface area contributed by atoms with Gasteiger partial charge in [0.05, 0.1) is 7.11 Å². The van der Waals surface area contributed by atoms with Crippen molar-refractivity contribution in [2.24, 2.45) is 0 Å². The van der Waals surface area contributed by atoms with Gasteiger partial charge in [-0.15, -0.1) is 6.58 Å². The maximum Gasteiger partial charge on any atom is 0.239 e. The van der Waals surface area contributed by atoms with Crippen LogP contribution in [0.4, 0.5) is 0 Å². The molecule has 0 bridgehead atoms. The number of aromatic hydroxyl groups is 1. The summed E-state index contributed by atoms with van der Waals surface area (Å²) < 4.78 is 24.1. The Morgan fingerprint density at radius 1 is 1.03 bits per heavy atom. The summed E-state index contributed by atoms with van der Waals surface area (Å²) in [5.41, 5.74) is 2.19. The van der Waals surface area contributed by atoms with Gasteiger partial charge in [0.15, 0.2) is 5.76 Å². The Bertz CT molecular complexity index is 1340. The highest BCUT2D eigenvalue weighted by Gasteiger charge is 2.25. The highest BCUT2D eigenvalue weighted by Crippen LogP contribution is 2.40.